The summed E-state index contributed by atoms with van der Waals surface area (Å²) in [6, 6.07) is 12.6. The Hall–Kier alpha value is -1.67. The summed E-state index contributed by atoms with van der Waals surface area (Å²) in [7, 11) is 0. The van der Waals surface area contributed by atoms with Gasteiger partial charge in [0.2, 0.25) is 0 Å². The highest BCUT2D eigenvalue weighted by atomic mass is 14.6. The van der Waals surface area contributed by atoms with Crippen LogP contribution >= 0.6 is 0 Å². The lowest BCUT2D eigenvalue weighted by Gasteiger charge is -2.03. The summed E-state index contributed by atoms with van der Waals surface area (Å²) in [4.78, 5) is 4.01. The smallest absolute Gasteiger partial charge is 0.0270 e. The third kappa shape index (κ3) is 2.91. The summed E-state index contributed by atoms with van der Waals surface area (Å²) >= 11 is 0. The van der Waals surface area contributed by atoms with E-state index < -0.39 is 0 Å². The molecule has 0 aliphatic heterocycles. The van der Waals surface area contributed by atoms with Crippen LogP contribution in [0.3, 0.4) is 0 Å². The van der Waals surface area contributed by atoms with Gasteiger partial charge in [0.25, 0.3) is 0 Å². The SMILES string of the molecule is NCc1cccc(CCc2ccncc2)c1. The Balaban J connectivity index is 1.99. The first kappa shape index (κ1) is 10.8. The predicted octanol–water partition coefficient (Wildman–Crippen LogP) is 2.33. The molecule has 82 valence electrons. The molecule has 0 aliphatic rings. The maximum absolute atomic E-state index is 5.62. The Labute approximate surface area is 96.1 Å². The first-order valence-corrected chi connectivity index (χ1v) is 5.55. The Morgan fingerprint density at radius 2 is 1.56 bits per heavy atom. The fraction of sp³-hybridized carbons (Fsp3) is 0.214. The fourth-order valence-electron chi connectivity index (χ4n) is 1.75. The molecular formula is C14H16N2. The number of aromatic nitrogens is 1. The van der Waals surface area contributed by atoms with Gasteiger partial charge in [0.05, 0.1) is 0 Å². The van der Waals surface area contributed by atoms with Crippen LogP contribution in [0.2, 0.25) is 0 Å². The summed E-state index contributed by atoms with van der Waals surface area (Å²) in [5.41, 5.74) is 9.49. The lowest BCUT2D eigenvalue weighted by molar-refractivity contribution is 0.946. The van der Waals surface area contributed by atoms with Crippen LogP contribution in [-0.4, -0.2) is 4.98 Å². The van der Waals surface area contributed by atoms with E-state index in [0.717, 1.165) is 12.8 Å². The van der Waals surface area contributed by atoms with E-state index in [9.17, 15) is 0 Å². The van der Waals surface area contributed by atoms with E-state index in [1.807, 2.05) is 12.4 Å². The Kier molecular flexibility index (Phi) is 3.67. The molecule has 2 aromatic rings. The Bertz CT molecular complexity index is 437. The Morgan fingerprint density at radius 1 is 0.875 bits per heavy atom. The van der Waals surface area contributed by atoms with Crippen molar-refractivity contribution in [2.45, 2.75) is 19.4 Å². The van der Waals surface area contributed by atoms with Gasteiger partial charge in [0.15, 0.2) is 0 Å². The number of nitrogens with zero attached hydrogens (tertiary/aromatic N) is 1. The van der Waals surface area contributed by atoms with Gasteiger partial charge in [0, 0.05) is 18.9 Å². The fourth-order valence-corrected chi connectivity index (χ4v) is 1.75. The quantitative estimate of drug-likeness (QED) is 0.844. The van der Waals surface area contributed by atoms with Crippen molar-refractivity contribution in [2.24, 2.45) is 5.73 Å². The molecular weight excluding hydrogens is 196 g/mol. The lowest BCUT2D eigenvalue weighted by atomic mass is 10.0. The summed E-state index contributed by atoms with van der Waals surface area (Å²) < 4.78 is 0. The molecule has 0 fully saturated rings. The number of pyridine rings is 1. The van der Waals surface area contributed by atoms with Crippen molar-refractivity contribution in [2.75, 3.05) is 0 Å². The minimum atomic E-state index is 0.614. The predicted molar refractivity (Wildman–Crippen MR) is 66.0 cm³/mol. The molecule has 2 N–H and O–H groups in total. The maximum atomic E-state index is 5.62. The molecule has 16 heavy (non-hydrogen) atoms. The number of benzene rings is 1. The van der Waals surface area contributed by atoms with Crippen LogP contribution in [0.25, 0.3) is 0 Å². The third-order valence-corrected chi connectivity index (χ3v) is 2.68. The molecule has 1 heterocycles. The second kappa shape index (κ2) is 5.42. The van der Waals surface area contributed by atoms with E-state index >= 15 is 0 Å². The minimum Gasteiger partial charge on any atom is -0.326 e. The zero-order valence-corrected chi connectivity index (χ0v) is 9.26. The Morgan fingerprint density at radius 3 is 2.31 bits per heavy atom. The van der Waals surface area contributed by atoms with E-state index in [1.165, 1.54) is 16.7 Å². The van der Waals surface area contributed by atoms with Crippen molar-refractivity contribution in [3.63, 3.8) is 0 Å². The zero-order valence-electron chi connectivity index (χ0n) is 9.26. The first-order chi connectivity index (χ1) is 7.88. The van der Waals surface area contributed by atoms with Gasteiger partial charge < -0.3 is 5.73 Å². The van der Waals surface area contributed by atoms with Crippen molar-refractivity contribution in [3.05, 3.63) is 65.5 Å². The van der Waals surface area contributed by atoms with Crippen LogP contribution in [0.4, 0.5) is 0 Å². The van der Waals surface area contributed by atoms with Crippen LogP contribution < -0.4 is 5.73 Å². The van der Waals surface area contributed by atoms with Gasteiger partial charge in [-0.05, 0) is 41.7 Å². The first-order valence-electron chi connectivity index (χ1n) is 5.55. The van der Waals surface area contributed by atoms with Crippen LogP contribution in [0, 0.1) is 0 Å². The molecule has 2 heteroatoms. The molecule has 0 bridgehead atoms. The van der Waals surface area contributed by atoms with E-state index in [4.69, 9.17) is 5.73 Å². The normalized spacial score (nSPS) is 10.3. The van der Waals surface area contributed by atoms with Gasteiger partial charge in [-0.3, -0.25) is 4.98 Å². The van der Waals surface area contributed by atoms with Gasteiger partial charge in [-0.25, -0.2) is 0 Å². The van der Waals surface area contributed by atoms with E-state index in [0.29, 0.717) is 6.54 Å². The number of nitrogens with two attached hydrogens (primary N) is 1. The maximum Gasteiger partial charge on any atom is 0.0270 e. The van der Waals surface area contributed by atoms with Gasteiger partial charge >= 0.3 is 0 Å². The molecule has 0 spiro atoms. The van der Waals surface area contributed by atoms with E-state index in [1.54, 1.807) is 0 Å². The minimum absolute atomic E-state index is 0.614. The summed E-state index contributed by atoms with van der Waals surface area (Å²) in [6.45, 7) is 0.614. The van der Waals surface area contributed by atoms with Gasteiger partial charge in [0.1, 0.15) is 0 Å². The standard InChI is InChI=1S/C14H16N2/c15-11-14-3-1-2-13(10-14)5-4-12-6-8-16-9-7-12/h1-3,6-10H,4-5,11,15H2. The zero-order chi connectivity index (χ0) is 11.2. The second-order valence-electron chi connectivity index (χ2n) is 3.88. The van der Waals surface area contributed by atoms with Gasteiger partial charge in [-0.1, -0.05) is 24.3 Å². The molecule has 1 aromatic heterocycles. The highest BCUT2D eigenvalue weighted by Gasteiger charge is 1.96. The summed E-state index contributed by atoms with van der Waals surface area (Å²) in [5, 5.41) is 0. The van der Waals surface area contributed by atoms with Crippen molar-refractivity contribution in [1.82, 2.24) is 4.98 Å². The summed E-state index contributed by atoms with van der Waals surface area (Å²) in [6.07, 6.45) is 5.78. The molecule has 0 amide bonds. The molecule has 0 atom stereocenters. The largest absolute Gasteiger partial charge is 0.326 e. The lowest BCUT2D eigenvalue weighted by Crippen LogP contribution is -1.98. The van der Waals surface area contributed by atoms with Crippen molar-refractivity contribution in [3.8, 4) is 0 Å². The highest BCUT2D eigenvalue weighted by molar-refractivity contribution is 5.24. The van der Waals surface area contributed by atoms with Crippen molar-refractivity contribution in [1.29, 1.82) is 0 Å². The third-order valence-electron chi connectivity index (χ3n) is 2.68. The van der Waals surface area contributed by atoms with Gasteiger partial charge in [-0.15, -0.1) is 0 Å². The highest BCUT2D eigenvalue weighted by Crippen LogP contribution is 2.08. The average molecular weight is 212 g/mol. The molecule has 0 saturated carbocycles. The molecule has 1 aromatic carbocycles. The molecule has 2 rings (SSSR count). The monoisotopic (exact) mass is 212 g/mol. The number of hydrogen-bond donors (Lipinski definition) is 1. The van der Waals surface area contributed by atoms with E-state index in [2.05, 4.69) is 41.4 Å². The second-order valence-corrected chi connectivity index (χ2v) is 3.88. The summed E-state index contributed by atoms with van der Waals surface area (Å²) in [5.74, 6) is 0. The van der Waals surface area contributed by atoms with Gasteiger partial charge in [-0.2, -0.15) is 0 Å². The van der Waals surface area contributed by atoms with E-state index in [-0.39, 0.29) is 0 Å². The van der Waals surface area contributed by atoms with Crippen LogP contribution in [0.5, 0.6) is 0 Å². The average Bonchev–Trinajstić information content (AvgIpc) is 2.38. The molecule has 2 nitrogen and oxygen atoms in total. The van der Waals surface area contributed by atoms with Crippen molar-refractivity contribution < 1.29 is 0 Å². The number of hydrogen-bond acceptors (Lipinski definition) is 2. The van der Waals surface area contributed by atoms with Crippen molar-refractivity contribution >= 4 is 0 Å². The number of rotatable bonds is 4. The van der Waals surface area contributed by atoms with Crippen LogP contribution in [-0.2, 0) is 19.4 Å². The van der Waals surface area contributed by atoms with Crippen LogP contribution in [0.15, 0.2) is 48.8 Å². The topological polar surface area (TPSA) is 38.9 Å². The van der Waals surface area contributed by atoms with Crippen LogP contribution in [0.1, 0.15) is 16.7 Å². The number of aryl methyl sites for hydroxylation is 2. The molecule has 0 saturated heterocycles. The molecule has 0 radical (unpaired) electrons. The molecule has 0 unspecified atom stereocenters. The molecule has 0 aliphatic carbocycles.